The van der Waals surface area contributed by atoms with Crippen molar-refractivity contribution in [3.63, 3.8) is 0 Å². The fourth-order valence-electron chi connectivity index (χ4n) is 2.33. The van der Waals surface area contributed by atoms with Gasteiger partial charge >= 0.3 is 21.7 Å². The van der Waals surface area contributed by atoms with Gasteiger partial charge in [0.2, 0.25) is 0 Å². The summed E-state index contributed by atoms with van der Waals surface area (Å²) in [5.74, 6) is 0.747. The van der Waals surface area contributed by atoms with E-state index in [1.165, 1.54) is 0 Å². The maximum atomic E-state index is 2.43. The van der Waals surface area contributed by atoms with Crippen LogP contribution in [0.2, 0.25) is 13.1 Å². The Morgan fingerprint density at radius 2 is 1.46 bits per heavy atom. The molecule has 0 saturated heterocycles. The number of rotatable bonds is 1. The van der Waals surface area contributed by atoms with Gasteiger partial charge in [0.05, 0.1) is 8.80 Å². The Bertz CT molecular complexity index is 261. The molecular formula is C11H20SiTi+2. The molecule has 0 nitrogen and oxygen atoms in total. The van der Waals surface area contributed by atoms with Crippen molar-refractivity contribution in [2.45, 2.75) is 40.8 Å². The monoisotopic (exact) mass is 228 g/mol. The summed E-state index contributed by atoms with van der Waals surface area (Å²) in [7, 11) is -0.578. The largest absolute Gasteiger partial charge is 2.00 e. The summed E-state index contributed by atoms with van der Waals surface area (Å²) in [6.45, 7) is 14.1. The Hall–Kier alpha value is 0.411. The van der Waals surface area contributed by atoms with E-state index in [-0.39, 0.29) is 21.7 Å². The second kappa shape index (κ2) is 4.77. The van der Waals surface area contributed by atoms with Crippen LogP contribution in [0.25, 0.3) is 0 Å². The van der Waals surface area contributed by atoms with Crippen LogP contribution in [0.3, 0.4) is 0 Å². The minimum Gasteiger partial charge on any atom is -0.0748 e. The fourth-order valence-corrected chi connectivity index (χ4v) is 4.66. The standard InChI is InChI=1S/C11H20Si.Ti/c1-7-8(2)10(4)11(9(7)3)12(5)6;/h9,12H,1-6H3;/q;+2. The summed E-state index contributed by atoms with van der Waals surface area (Å²) in [6.07, 6.45) is 0. The van der Waals surface area contributed by atoms with E-state index in [9.17, 15) is 0 Å². The van der Waals surface area contributed by atoms with E-state index in [4.69, 9.17) is 0 Å². The predicted octanol–water partition coefficient (Wildman–Crippen LogP) is 3.31. The van der Waals surface area contributed by atoms with Gasteiger partial charge < -0.3 is 0 Å². The van der Waals surface area contributed by atoms with E-state index in [1.54, 1.807) is 21.9 Å². The summed E-state index contributed by atoms with van der Waals surface area (Å²) in [5.41, 5.74) is 4.75. The van der Waals surface area contributed by atoms with Crippen LogP contribution in [-0.2, 0) is 21.7 Å². The molecule has 0 aliphatic heterocycles. The Morgan fingerprint density at radius 1 is 1.00 bits per heavy atom. The van der Waals surface area contributed by atoms with Gasteiger partial charge in [-0.3, -0.25) is 0 Å². The molecule has 1 rings (SSSR count). The van der Waals surface area contributed by atoms with Gasteiger partial charge in [0.15, 0.2) is 0 Å². The zero-order valence-electron chi connectivity index (χ0n) is 9.65. The van der Waals surface area contributed by atoms with E-state index < -0.39 is 8.80 Å². The molecule has 0 aromatic carbocycles. The Balaban J connectivity index is 0.00000144. The van der Waals surface area contributed by atoms with Crippen molar-refractivity contribution in [1.29, 1.82) is 0 Å². The predicted molar refractivity (Wildman–Crippen MR) is 59.1 cm³/mol. The minimum absolute atomic E-state index is 0. The molecule has 13 heavy (non-hydrogen) atoms. The molecule has 1 aliphatic carbocycles. The van der Waals surface area contributed by atoms with E-state index in [0.29, 0.717) is 0 Å². The molecule has 70 valence electrons. The first-order chi connectivity index (χ1) is 5.46. The first kappa shape index (κ1) is 13.4. The van der Waals surface area contributed by atoms with Gasteiger partial charge in [-0.05, 0) is 32.3 Å². The van der Waals surface area contributed by atoms with Crippen molar-refractivity contribution in [3.8, 4) is 0 Å². The third kappa shape index (κ3) is 2.26. The van der Waals surface area contributed by atoms with Gasteiger partial charge in [-0.15, -0.1) is 0 Å². The van der Waals surface area contributed by atoms with Crippen LogP contribution < -0.4 is 0 Å². The van der Waals surface area contributed by atoms with Gasteiger partial charge in [0.25, 0.3) is 0 Å². The zero-order valence-corrected chi connectivity index (χ0v) is 12.4. The number of hydrogen-bond donors (Lipinski definition) is 0. The van der Waals surface area contributed by atoms with E-state index >= 15 is 0 Å². The van der Waals surface area contributed by atoms with Crippen molar-refractivity contribution in [1.82, 2.24) is 0 Å². The summed E-state index contributed by atoms with van der Waals surface area (Å²) < 4.78 is 0. The smallest absolute Gasteiger partial charge is 0.0748 e. The quantitative estimate of drug-likeness (QED) is 0.604. The molecule has 1 aliphatic rings. The molecule has 0 spiro atoms. The zero-order chi connectivity index (χ0) is 9.46. The van der Waals surface area contributed by atoms with Gasteiger partial charge in [-0.2, -0.15) is 0 Å². The van der Waals surface area contributed by atoms with Gasteiger partial charge in [0.1, 0.15) is 0 Å². The molecule has 0 aromatic rings. The molecule has 0 bridgehead atoms. The van der Waals surface area contributed by atoms with Crippen LogP contribution in [-0.4, -0.2) is 8.80 Å². The van der Waals surface area contributed by atoms with Crippen LogP contribution in [0.4, 0.5) is 0 Å². The van der Waals surface area contributed by atoms with Gasteiger partial charge in [0, 0.05) is 0 Å². The molecule has 0 radical (unpaired) electrons. The summed E-state index contributed by atoms with van der Waals surface area (Å²) in [6, 6.07) is 0. The molecule has 2 heteroatoms. The molecule has 0 fully saturated rings. The molecular weight excluding hydrogens is 208 g/mol. The molecule has 0 heterocycles. The number of hydrogen-bond acceptors (Lipinski definition) is 0. The average molecular weight is 228 g/mol. The Labute approximate surface area is 99.0 Å². The molecule has 0 saturated carbocycles. The van der Waals surface area contributed by atoms with Crippen LogP contribution in [0.5, 0.6) is 0 Å². The third-order valence-electron chi connectivity index (χ3n) is 3.33. The van der Waals surface area contributed by atoms with Crippen molar-refractivity contribution in [2.24, 2.45) is 5.92 Å². The fraction of sp³-hybridized carbons (Fsp3) is 0.636. The summed E-state index contributed by atoms with van der Waals surface area (Å²) in [4.78, 5) is 0. The van der Waals surface area contributed by atoms with Gasteiger partial charge in [-0.25, -0.2) is 0 Å². The van der Waals surface area contributed by atoms with Crippen LogP contribution in [0.1, 0.15) is 27.7 Å². The van der Waals surface area contributed by atoms with Crippen molar-refractivity contribution in [2.75, 3.05) is 0 Å². The second-order valence-electron chi connectivity index (χ2n) is 4.26. The molecule has 0 amide bonds. The minimum atomic E-state index is -0.578. The van der Waals surface area contributed by atoms with Gasteiger partial charge in [-0.1, -0.05) is 36.4 Å². The summed E-state index contributed by atoms with van der Waals surface area (Å²) >= 11 is 0. The topological polar surface area (TPSA) is 0 Å². The third-order valence-corrected chi connectivity index (χ3v) is 5.50. The average Bonchev–Trinajstić information content (AvgIpc) is 2.16. The first-order valence-corrected chi connectivity index (χ1v) is 7.73. The maximum absolute atomic E-state index is 2.43. The van der Waals surface area contributed by atoms with Crippen LogP contribution >= 0.6 is 0 Å². The number of allylic oxidation sites excluding steroid dienone is 4. The van der Waals surface area contributed by atoms with Crippen molar-refractivity contribution in [3.05, 3.63) is 21.9 Å². The Kier molecular flexibility index (Phi) is 4.92. The molecule has 1 atom stereocenters. The van der Waals surface area contributed by atoms with Crippen molar-refractivity contribution < 1.29 is 21.7 Å². The van der Waals surface area contributed by atoms with Crippen LogP contribution in [0.15, 0.2) is 21.9 Å². The molecule has 1 unspecified atom stereocenters. The normalized spacial score (nSPS) is 22.8. The van der Waals surface area contributed by atoms with E-state index in [2.05, 4.69) is 40.8 Å². The molecule has 0 N–H and O–H groups in total. The van der Waals surface area contributed by atoms with E-state index in [0.717, 1.165) is 5.92 Å². The summed E-state index contributed by atoms with van der Waals surface area (Å²) in [5, 5.41) is 1.78. The first-order valence-electron chi connectivity index (χ1n) is 4.85. The maximum Gasteiger partial charge on any atom is 2.00 e. The van der Waals surface area contributed by atoms with E-state index in [1.807, 2.05) is 0 Å². The van der Waals surface area contributed by atoms with Crippen molar-refractivity contribution >= 4 is 8.80 Å². The molecule has 0 aromatic heterocycles. The Morgan fingerprint density at radius 3 is 1.62 bits per heavy atom. The van der Waals surface area contributed by atoms with Crippen LogP contribution in [0, 0.1) is 5.92 Å². The SMILES string of the molecule is CC1=C(C)C(C)C([SiH](C)C)=C1C.[Ti+2]. The second-order valence-corrected chi connectivity index (χ2v) is 7.20.